The molecule has 1 atom stereocenters. The van der Waals surface area contributed by atoms with Crippen molar-refractivity contribution in [2.75, 3.05) is 19.8 Å². The fraction of sp³-hybridized carbons (Fsp3) is 0.429. The third kappa shape index (κ3) is 3.70. The first kappa shape index (κ1) is 16.1. The Balaban J connectivity index is 2.45. The lowest BCUT2D eigenvalue weighted by Gasteiger charge is -2.21. The van der Waals surface area contributed by atoms with Crippen LogP contribution in [0.1, 0.15) is 6.92 Å². The van der Waals surface area contributed by atoms with E-state index in [9.17, 15) is 4.79 Å². The fourth-order valence-corrected chi connectivity index (χ4v) is 2.96. The van der Waals surface area contributed by atoms with Crippen LogP contribution in [0.15, 0.2) is 23.4 Å². The van der Waals surface area contributed by atoms with Gasteiger partial charge in [0.25, 0.3) is 0 Å². The molecule has 0 saturated carbocycles. The number of carbonyl (C=O) groups is 1. The molecule has 7 heteroatoms. The number of rotatable bonds is 6. The van der Waals surface area contributed by atoms with E-state index in [2.05, 4.69) is 16.8 Å². The van der Waals surface area contributed by atoms with E-state index in [1.165, 1.54) is 11.8 Å². The molecule has 0 fully saturated rings. The molecular formula is C14H18ClN3O2S. The van der Waals surface area contributed by atoms with Gasteiger partial charge in [0.2, 0.25) is 0 Å². The Hall–Kier alpha value is -1.24. The molecule has 0 spiro atoms. The largest absolute Gasteiger partial charge is 0.481 e. The third-order valence-corrected chi connectivity index (χ3v) is 4.60. The number of likely N-dealkylation sites (N-methyl/N-ethyl adjacent to an activating group) is 1. The van der Waals surface area contributed by atoms with Crippen LogP contribution in [0.25, 0.3) is 11.0 Å². The molecule has 21 heavy (non-hydrogen) atoms. The van der Waals surface area contributed by atoms with Crippen LogP contribution in [0, 0.1) is 0 Å². The molecule has 0 radical (unpaired) electrons. The van der Waals surface area contributed by atoms with Crippen molar-refractivity contribution in [2.24, 2.45) is 0 Å². The maximum Gasteiger partial charge on any atom is 0.313 e. The first-order valence-corrected chi connectivity index (χ1v) is 7.92. The number of hydrogen-bond donors (Lipinski definition) is 1. The summed E-state index contributed by atoms with van der Waals surface area (Å²) in [6, 6.07) is 5.85. The highest BCUT2D eigenvalue weighted by molar-refractivity contribution is 7.99. The fourth-order valence-electron chi connectivity index (χ4n) is 1.95. The first-order valence-electron chi connectivity index (χ1n) is 6.56. The Kier molecular flexibility index (Phi) is 5.13. The van der Waals surface area contributed by atoms with Crippen LogP contribution in [-0.2, 0) is 11.3 Å². The van der Waals surface area contributed by atoms with E-state index in [4.69, 9.17) is 16.7 Å². The highest BCUT2D eigenvalue weighted by Gasteiger charge is 2.17. The van der Waals surface area contributed by atoms with Crippen LogP contribution >= 0.6 is 23.4 Å². The molecule has 2 rings (SSSR count). The van der Waals surface area contributed by atoms with Crippen molar-refractivity contribution < 1.29 is 9.90 Å². The summed E-state index contributed by atoms with van der Waals surface area (Å²) in [5.41, 5.74) is 1.65. The van der Waals surface area contributed by atoms with Gasteiger partial charge in [-0.05, 0) is 33.2 Å². The normalized spacial score (nSPS) is 13.0. The summed E-state index contributed by atoms with van der Waals surface area (Å²) in [4.78, 5) is 17.4. The highest BCUT2D eigenvalue weighted by Crippen LogP contribution is 2.29. The number of benzene rings is 1. The smallest absolute Gasteiger partial charge is 0.313 e. The second-order valence-corrected chi connectivity index (χ2v) is 6.46. The summed E-state index contributed by atoms with van der Waals surface area (Å²) >= 11 is 7.52. The van der Waals surface area contributed by atoms with Crippen molar-refractivity contribution in [3.63, 3.8) is 0 Å². The van der Waals surface area contributed by atoms with E-state index >= 15 is 0 Å². The van der Waals surface area contributed by atoms with E-state index in [-0.39, 0.29) is 11.8 Å². The maximum atomic E-state index is 10.8. The van der Waals surface area contributed by atoms with Gasteiger partial charge in [-0.25, -0.2) is 4.98 Å². The zero-order valence-electron chi connectivity index (χ0n) is 12.2. The van der Waals surface area contributed by atoms with E-state index in [1.54, 1.807) is 0 Å². The van der Waals surface area contributed by atoms with Gasteiger partial charge in [0, 0.05) is 12.6 Å². The number of aromatic nitrogens is 2. The van der Waals surface area contributed by atoms with Gasteiger partial charge in [-0.15, -0.1) is 0 Å². The average molecular weight is 328 g/mol. The molecule has 0 saturated heterocycles. The summed E-state index contributed by atoms with van der Waals surface area (Å²) in [6.07, 6.45) is 0. The lowest BCUT2D eigenvalue weighted by Crippen LogP contribution is -2.29. The quantitative estimate of drug-likeness (QED) is 0.827. The van der Waals surface area contributed by atoms with Crippen LogP contribution in [0.4, 0.5) is 0 Å². The predicted octanol–water partition coefficient (Wildman–Crippen LogP) is 2.82. The Labute approximate surface area is 132 Å². The summed E-state index contributed by atoms with van der Waals surface area (Å²) in [7, 11) is 4.02. The SMILES string of the molecule is CC(Cn1c(SCC(=O)O)nc2cccc(Cl)c21)N(C)C. The zero-order chi connectivity index (χ0) is 15.6. The summed E-state index contributed by atoms with van der Waals surface area (Å²) in [5.74, 6) is -0.873. The van der Waals surface area contributed by atoms with Crippen LogP contribution in [-0.4, -0.2) is 51.4 Å². The number of nitrogens with zero attached hydrogens (tertiary/aromatic N) is 3. The molecule has 1 heterocycles. The third-order valence-electron chi connectivity index (χ3n) is 3.34. The molecule has 5 nitrogen and oxygen atoms in total. The van der Waals surface area contributed by atoms with Crippen LogP contribution < -0.4 is 0 Å². The van der Waals surface area contributed by atoms with E-state index in [0.717, 1.165) is 11.0 Å². The molecule has 0 amide bonds. The molecule has 0 bridgehead atoms. The van der Waals surface area contributed by atoms with Gasteiger partial charge in [-0.3, -0.25) is 4.79 Å². The number of halogens is 1. The molecule has 2 aromatic rings. The van der Waals surface area contributed by atoms with Crippen molar-refractivity contribution in [2.45, 2.75) is 24.7 Å². The maximum absolute atomic E-state index is 10.8. The summed E-state index contributed by atoms with van der Waals surface area (Å²) in [6.45, 7) is 2.81. The number of fused-ring (bicyclic) bond motifs is 1. The minimum absolute atomic E-state index is 0.0166. The number of para-hydroxylation sites is 1. The molecule has 0 aliphatic rings. The van der Waals surface area contributed by atoms with E-state index in [0.29, 0.717) is 16.7 Å². The van der Waals surface area contributed by atoms with Crippen molar-refractivity contribution in [1.82, 2.24) is 14.5 Å². The molecule has 1 unspecified atom stereocenters. The van der Waals surface area contributed by atoms with Crippen molar-refractivity contribution in [3.05, 3.63) is 23.2 Å². The minimum atomic E-state index is -0.856. The van der Waals surface area contributed by atoms with Gasteiger partial charge in [0.1, 0.15) is 0 Å². The molecule has 0 aliphatic carbocycles. The first-order chi connectivity index (χ1) is 9.90. The van der Waals surface area contributed by atoms with Gasteiger partial charge in [-0.1, -0.05) is 29.4 Å². The molecule has 1 N–H and O–H groups in total. The lowest BCUT2D eigenvalue weighted by molar-refractivity contribution is -0.133. The van der Waals surface area contributed by atoms with E-state index in [1.807, 2.05) is 36.9 Å². The molecule has 114 valence electrons. The minimum Gasteiger partial charge on any atom is -0.481 e. The Bertz CT molecular complexity index is 657. The number of hydrogen-bond acceptors (Lipinski definition) is 4. The van der Waals surface area contributed by atoms with Gasteiger partial charge >= 0.3 is 5.97 Å². The Morgan fingerprint density at radius 3 is 2.86 bits per heavy atom. The second kappa shape index (κ2) is 6.68. The molecule has 0 aliphatic heterocycles. The van der Waals surface area contributed by atoms with Crippen molar-refractivity contribution in [1.29, 1.82) is 0 Å². The number of thioether (sulfide) groups is 1. The number of aliphatic carboxylic acids is 1. The monoisotopic (exact) mass is 327 g/mol. The topological polar surface area (TPSA) is 58.4 Å². The average Bonchev–Trinajstić information content (AvgIpc) is 2.75. The number of carboxylic acids is 1. The Morgan fingerprint density at radius 1 is 1.52 bits per heavy atom. The number of imidazole rings is 1. The molecule has 1 aromatic heterocycles. The summed E-state index contributed by atoms with van der Waals surface area (Å²) < 4.78 is 2.01. The van der Waals surface area contributed by atoms with E-state index < -0.39 is 5.97 Å². The van der Waals surface area contributed by atoms with Crippen LogP contribution in [0.3, 0.4) is 0 Å². The standard InChI is InChI=1S/C14H18ClN3O2S/c1-9(17(2)3)7-18-13-10(15)5-4-6-11(13)16-14(18)21-8-12(19)20/h4-6,9H,7-8H2,1-3H3,(H,19,20). The zero-order valence-corrected chi connectivity index (χ0v) is 13.8. The summed E-state index contributed by atoms with van der Waals surface area (Å²) in [5, 5.41) is 10.2. The van der Waals surface area contributed by atoms with Gasteiger partial charge in [-0.2, -0.15) is 0 Å². The lowest BCUT2D eigenvalue weighted by atomic mass is 10.3. The predicted molar refractivity (Wildman–Crippen MR) is 86.3 cm³/mol. The highest BCUT2D eigenvalue weighted by atomic mass is 35.5. The Morgan fingerprint density at radius 2 is 2.24 bits per heavy atom. The second-order valence-electron chi connectivity index (χ2n) is 5.11. The molecular weight excluding hydrogens is 310 g/mol. The molecule has 1 aromatic carbocycles. The van der Waals surface area contributed by atoms with Crippen molar-refractivity contribution in [3.8, 4) is 0 Å². The van der Waals surface area contributed by atoms with Crippen LogP contribution in [0.5, 0.6) is 0 Å². The van der Waals surface area contributed by atoms with Gasteiger partial charge < -0.3 is 14.6 Å². The van der Waals surface area contributed by atoms with Crippen molar-refractivity contribution >= 4 is 40.4 Å². The number of carboxylic acid groups (broad SMARTS) is 1. The van der Waals surface area contributed by atoms with Gasteiger partial charge in [0.05, 0.1) is 21.8 Å². The van der Waals surface area contributed by atoms with Gasteiger partial charge in [0.15, 0.2) is 5.16 Å². The van der Waals surface area contributed by atoms with Crippen LogP contribution in [0.2, 0.25) is 5.02 Å².